The summed E-state index contributed by atoms with van der Waals surface area (Å²) in [5.74, 6) is -0.695. The molecule has 0 bridgehead atoms. The van der Waals surface area contributed by atoms with Crippen molar-refractivity contribution >= 4 is 11.7 Å². The summed E-state index contributed by atoms with van der Waals surface area (Å²) in [6.07, 6.45) is 3.23. The van der Waals surface area contributed by atoms with E-state index >= 15 is 0 Å². The highest BCUT2D eigenvalue weighted by molar-refractivity contribution is 5.72. The van der Waals surface area contributed by atoms with E-state index in [4.69, 9.17) is 5.11 Å². The molecular weight excluding hydrogens is 226 g/mol. The van der Waals surface area contributed by atoms with Crippen LogP contribution < -0.4 is 4.90 Å². The molecule has 2 rings (SSSR count). The van der Waals surface area contributed by atoms with Gasteiger partial charge in [-0.15, -0.1) is 0 Å². The van der Waals surface area contributed by atoms with Crippen molar-refractivity contribution in [3.8, 4) is 0 Å². The van der Waals surface area contributed by atoms with Crippen LogP contribution >= 0.6 is 0 Å². The number of anilines is 1. The Bertz CT molecular complexity index is 462. The molecule has 0 atom stereocenters. The molecule has 0 radical (unpaired) electrons. The minimum atomic E-state index is -0.695. The molecule has 1 saturated carbocycles. The number of carbonyl (C=O) groups is 1. The fourth-order valence-electron chi connectivity index (χ4n) is 2.60. The highest BCUT2D eigenvalue weighted by Crippen LogP contribution is 2.53. The first-order valence-corrected chi connectivity index (χ1v) is 6.51. The van der Waals surface area contributed by atoms with Gasteiger partial charge in [0, 0.05) is 25.2 Å². The summed E-state index contributed by atoms with van der Waals surface area (Å²) in [6.45, 7) is 2.13. The molecular formula is C15H21NO2. The van der Waals surface area contributed by atoms with Crippen LogP contribution in [0.15, 0.2) is 18.2 Å². The molecule has 0 saturated heterocycles. The van der Waals surface area contributed by atoms with Gasteiger partial charge in [0.05, 0.1) is 6.42 Å². The zero-order valence-corrected chi connectivity index (χ0v) is 11.4. The smallest absolute Gasteiger partial charge is 0.304 e. The molecule has 1 N–H and O–H groups in total. The van der Waals surface area contributed by atoms with Crippen molar-refractivity contribution in [3.63, 3.8) is 0 Å². The monoisotopic (exact) mass is 247 g/mol. The predicted octanol–water partition coefficient (Wildman–Crippen LogP) is 2.82. The lowest BCUT2D eigenvalue weighted by Crippen LogP contribution is -2.19. The average Bonchev–Trinajstić information content (AvgIpc) is 3.08. The maximum absolute atomic E-state index is 11.1. The van der Waals surface area contributed by atoms with Gasteiger partial charge in [-0.3, -0.25) is 4.79 Å². The minimum absolute atomic E-state index is 0.114. The van der Waals surface area contributed by atoms with Crippen LogP contribution in [0.2, 0.25) is 0 Å². The van der Waals surface area contributed by atoms with Crippen LogP contribution in [0.1, 0.15) is 37.3 Å². The van der Waals surface area contributed by atoms with E-state index in [0.717, 1.165) is 24.9 Å². The van der Waals surface area contributed by atoms with Crippen LogP contribution in [0.4, 0.5) is 5.69 Å². The number of rotatable bonds is 5. The van der Waals surface area contributed by atoms with Crippen LogP contribution in [-0.2, 0) is 16.6 Å². The molecule has 3 heteroatoms. The molecule has 1 aromatic rings. The van der Waals surface area contributed by atoms with Crippen molar-refractivity contribution in [2.75, 3.05) is 19.0 Å². The van der Waals surface area contributed by atoms with E-state index in [1.54, 1.807) is 0 Å². The normalized spacial score (nSPS) is 16.4. The van der Waals surface area contributed by atoms with Gasteiger partial charge in [-0.2, -0.15) is 0 Å². The van der Waals surface area contributed by atoms with Crippen LogP contribution in [0.3, 0.4) is 0 Å². The van der Waals surface area contributed by atoms with Crippen molar-refractivity contribution in [1.82, 2.24) is 0 Å². The molecule has 0 heterocycles. The lowest BCUT2D eigenvalue weighted by molar-refractivity contribution is -0.137. The Labute approximate surface area is 108 Å². The van der Waals surface area contributed by atoms with E-state index < -0.39 is 5.97 Å². The molecule has 0 aromatic heterocycles. The topological polar surface area (TPSA) is 40.5 Å². The lowest BCUT2D eigenvalue weighted by atomic mass is 9.89. The van der Waals surface area contributed by atoms with E-state index in [2.05, 4.69) is 30.0 Å². The molecule has 0 amide bonds. The van der Waals surface area contributed by atoms with Crippen molar-refractivity contribution < 1.29 is 9.90 Å². The summed E-state index contributed by atoms with van der Waals surface area (Å²) in [5.41, 5.74) is 3.55. The van der Waals surface area contributed by atoms with Crippen molar-refractivity contribution in [3.05, 3.63) is 29.3 Å². The molecule has 98 valence electrons. The second kappa shape index (κ2) is 4.63. The Hall–Kier alpha value is -1.51. The molecule has 0 aliphatic heterocycles. The molecule has 1 fully saturated rings. The summed E-state index contributed by atoms with van der Waals surface area (Å²) in [5, 5.41) is 9.09. The standard InChI is InChI=1S/C15H21NO2/c1-4-11-5-6-13(16(2)3)12(9-11)15(7-8-15)10-14(17)18/h5-6,9H,4,7-8,10H2,1-3H3,(H,17,18). The van der Waals surface area contributed by atoms with E-state index in [1.165, 1.54) is 11.1 Å². The Kier molecular flexibility index (Phi) is 3.33. The number of benzene rings is 1. The number of aliphatic carboxylic acids is 1. The van der Waals surface area contributed by atoms with Crippen LogP contribution in [0, 0.1) is 0 Å². The Morgan fingerprint density at radius 1 is 1.39 bits per heavy atom. The van der Waals surface area contributed by atoms with Gasteiger partial charge in [0.15, 0.2) is 0 Å². The van der Waals surface area contributed by atoms with Gasteiger partial charge in [0.2, 0.25) is 0 Å². The minimum Gasteiger partial charge on any atom is -0.481 e. The maximum Gasteiger partial charge on any atom is 0.304 e. The molecule has 1 aliphatic rings. The number of hydrogen-bond donors (Lipinski definition) is 1. The zero-order valence-electron chi connectivity index (χ0n) is 11.4. The van der Waals surface area contributed by atoms with E-state index in [9.17, 15) is 4.79 Å². The number of hydrogen-bond acceptors (Lipinski definition) is 2. The summed E-state index contributed by atoms with van der Waals surface area (Å²) in [6, 6.07) is 6.46. The first-order chi connectivity index (χ1) is 8.48. The third-order valence-corrected chi connectivity index (χ3v) is 3.87. The maximum atomic E-state index is 11.1. The average molecular weight is 247 g/mol. The first-order valence-electron chi connectivity index (χ1n) is 6.51. The first kappa shape index (κ1) is 12.9. The van der Waals surface area contributed by atoms with E-state index in [1.807, 2.05) is 14.1 Å². The highest BCUT2D eigenvalue weighted by atomic mass is 16.4. The largest absolute Gasteiger partial charge is 0.481 e. The van der Waals surface area contributed by atoms with E-state index in [-0.39, 0.29) is 11.8 Å². The summed E-state index contributed by atoms with van der Waals surface area (Å²) >= 11 is 0. The fraction of sp³-hybridized carbons (Fsp3) is 0.533. The third kappa shape index (κ3) is 2.35. The summed E-state index contributed by atoms with van der Waals surface area (Å²) in [7, 11) is 4.03. The van der Waals surface area contributed by atoms with Gasteiger partial charge < -0.3 is 10.0 Å². The predicted molar refractivity (Wildman–Crippen MR) is 73.3 cm³/mol. The molecule has 1 aromatic carbocycles. The van der Waals surface area contributed by atoms with Gasteiger partial charge in [0.1, 0.15) is 0 Å². The highest BCUT2D eigenvalue weighted by Gasteiger charge is 2.47. The summed E-state index contributed by atoms with van der Waals surface area (Å²) < 4.78 is 0. The lowest BCUT2D eigenvalue weighted by Gasteiger charge is -2.23. The summed E-state index contributed by atoms with van der Waals surface area (Å²) in [4.78, 5) is 13.1. The second-order valence-corrected chi connectivity index (χ2v) is 5.45. The molecule has 0 spiro atoms. The van der Waals surface area contributed by atoms with Crippen LogP contribution in [-0.4, -0.2) is 25.2 Å². The van der Waals surface area contributed by atoms with Gasteiger partial charge in [-0.05, 0) is 36.5 Å². The van der Waals surface area contributed by atoms with Crippen LogP contribution in [0.25, 0.3) is 0 Å². The Morgan fingerprint density at radius 2 is 2.06 bits per heavy atom. The van der Waals surface area contributed by atoms with E-state index in [0.29, 0.717) is 0 Å². The number of nitrogens with zero attached hydrogens (tertiary/aromatic N) is 1. The van der Waals surface area contributed by atoms with Crippen molar-refractivity contribution in [2.45, 2.75) is 38.0 Å². The molecule has 0 unspecified atom stereocenters. The molecule has 1 aliphatic carbocycles. The van der Waals surface area contributed by atoms with Gasteiger partial charge >= 0.3 is 5.97 Å². The van der Waals surface area contributed by atoms with Crippen LogP contribution in [0.5, 0.6) is 0 Å². The number of carboxylic acids is 1. The third-order valence-electron chi connectivity index (χ3n) is 3.87. The second-order valence-electron chi connectivity index (χ2n) is 5.45. The van der Waals surface area contributed by atoms with Gasteiger partial charge in [-0.1, -0.05) is 19.1 Å². The Morgan fingerprint density at radius 3 is 2.50 bits per heavy atom. The Balaban J connectivity index is 2.44. The SMILES string of the molecule is CCc1ccc(N(C)C)c(C2(CC(=O)O)CC2)c1. The fourth-order valence-corrected chi connectivity index (χ4v) is 2.60. The van der Waals surface area contributed by atoms with Crippen molar-refractivity contribution in [1.29, 1.82) is 0 Å². The number of carboxylic acid groups (broad SMARTS) is 1. The van der Waals surface area contributed by atoms with Gasteiger partial charge in [-0.25, -0.2) is 0 Å². The molecule has 3 nitrogen and oxygen atoms in total. The zero-order chi connectivity index (χ0) is 13.3. The molecule has 18 heavy (non-hydrogen) atoms. The quantitative estimate of drug-likeness (QED) is 0.869. The number of aryl methyl sites for hydroxylation is 1. The van der Waals surface area contributed by atoms with Crippen molar-refractivity contribution in [2.24, 2.45) is 0 Å². The van der Waals surface area contributed by atoms with Gasteiger partial charge in [0.25, 0.3) is 0 Å².